The van der Waals surface area contributed by atoms with Crippen molar-refractivity contribution in [2.75, 3.05) is 0 Å². The van der Waals surface area contributed by atoms with E-state index >= 15 is 0 Å². The van der Waals surface area contributed by atoms with E-state index in [1.54, 1.807) is 27.7 Å². The summed E-state index contributed by atoms with van der Waals surface area (Å²) in [5.41, 5.74) is -0.782. The van der Waals surface area contributed by atoms with Crippen LogP contribution in [0.1, 0.15) is 82.1 Å². The molecule has 3 aliphatic carbocycles. The number of carbonyl (C=O) groups excluding carboxylic acids is 4. The van der Waals surface area contributed by atoms with Crippen LogP contribution < -0.4 is 0 Å². The van der Waals surface area contributed by atoms with E-state index in [2.05, 4.69) is 27.7 Å². The molecule has 0 aromatic carbocycles. The summed E-state index contributed by atoms with van der Waals surface area (Å²) in [5.74, 6) is -5.61. The molecule has 8 nitrogen and oxygen atoms in total. The quantitative estimate of drug-likeness (QED) is 0.274. The van der Waals surface area contributed by atoms with Gasteiger partial charge in [0, 0.05) is 27.7 Å². The van der Waals surface area contributed by atoms with Crippen LogP contribution in [0.15, 0.2) is 22.3 Å². The van der Waals surface area contributed by atoms with E-state index in [0.717, 1.165) is 11.1 Å². The zero-order valence-electron chi connectivity index (χ0n) is 22.8. The molecule has 196 valence electrons. The number of rotatable bonds is 0. The lowest BCUT2D eigenvalue weighted by atomic mass is 9.50. The van der Waals surface area contributed by atoms with E-state index in [9.17, 15) is 19.2 Å². The van der Waals surface area contributed by atoms with Gasteiger partial charge in [0.25, 0.3) is 11.6 Å². The molecule has 0 aromatic rings. The fourth-order valence-electron chi connectivity index (χ4n) is 7.81. The Kier molecular flexibility index (Phi) is 4.60. The molecule has 2 aliphatic heterocycles. The predicted molar refractivity (Wildman–Crippen MR) is 127 cm³/mol. The van der Waals surface area contributed by atoms with Crippen LogP contribution in [0.5, 0.6) is 0 Å². The van der Waals surface area contributed by atoms with Gasteiger partial charge in [0.05, 0.1) is 0 Å². The fourth-order valence-corrected chi connectivity index (χ4v) is 7.81. The van der Waals surface area contributed by atoms with Gasteiger partial charge in [-0.3, -0.25) is 19.2 Å². The normalized spacial score (nSPS) is 34.2. The fraction of sp³-hybridized carbons (Fsp3) is 0.714. The topological polar surface area (TPSA) is 105 Å². The second-order valence-electron chi connectivity index (χ2n) is 13.1. The second kappa shape index (κ2) is 6.62. The average Bonchev–Trinajstić information content (AvgIpc) is 3.17. The van der Waals surface area contributed by atoms with E-state index in [1.807, 2.05) is 13.8 Å². The molecule has 1 saturated carbocycles. The summed E-state index contributed by atoms with van der Waals surface area (Å²) >= 11 is 0. The maximum absolute atomic E-state index is 13.5. The van der Waals surface area contributed by atoms with Crippen molar-refractivity contribution in [3.05, 3.63) is 22.3 Å². The monoisotopic (exact) mass is 500 g/mol. The molecule has 0 N–H and O–H groups in total. The molecule has 3 fully saturated rings. The molecule has 2 atom stereocenters. The van der Waals surface area contributed by atoms with Gasteiger partial charge in [0.2, 0.25) is 0 Å². The number of hydrogen-bond donors (Lipinski definition) is 0. The minimum absolute atomic E-state index is 0.175. The Hall–Kier alpha value is -2.64. The van der Waals surface area contributed by atoms with Crippen LogP contribution in [0.3, 0.4) is 0 Å². The molecule has 2 heterocycles. The largest absolute Gasteiger partial charge is 0.422 e. The van der Waals surface area contributed by atoms with Gasteiger partial charge >= 0.3 is 23.9 Å². The van der Waals surface area contributed by atoms with Crippen LogP contribution in [0.4, 0.5) is 0 Å². The summed E-state index contributed by atoms with van der Waals surface area (Å²) in [6.07, 6.45) is 0.350. The summed E-state index contributed by atoms with van der Waals surface area (Å²) < 4.78 is 22.4. The molecular weight excluding hydrogens is 464 g/mol. The van der Waals surface area contributed by atoms with Crippen molar-refractivity contribution < 1.29 is 38.1 Å². The zero-order chi connectivity index (χ0) is 27.0. The highest BCUT2D eigenvalue weighted by atomic mass is 16.8. The third kappa shape index (κ3) is 2.65. The Morgan fingerprint density at radius 1 is 0.528 bits per heavy atom. The summed E-state index contributed by atoms with van der Waals surface area (Å²) in [6, 6.07) is 0. The first-order valence-corrected chi connectivity index (χ1v) is 12.6. The lowest BCUT2D eigenvalue weighted by Crippen LogP contribution is -2.54. The third-order valence-corrected chi connectivity index (χ3v) is 10.0. The molecule has 2 spiro atoms. The second-order valence-corrected chi connectivity index (χ2v) is 13.1. The highest BCUT2D eigenvalue weighted by molar-refractivity contribution is 6.07. The predicted octanol–water partition coefficient (Wildman–Crippen LogP) is 4.37. The highest BCUT2D eigenvalue weighted by Gasteiger charge is 2.72. The lowest BCUT2D eigenvalue weighted by Gasteiger charge is -2.54. The average molecular weight is 501 g/mol. The molecule has 0 unspecified atom stereocenters. The Balaban J connectivity index is 1.70. The number of allylic oxidation sites excluding steroid dienone is 2. The van der Waals surface area contributed by atoms with Gasteiger partial charge in [0.15, 0.2) is 10.8 Å². The minimum atomic E-state index is -1.54. The molecular formula is C28H36O8. The molecule has 36 heavy (non-hydrogen) atoms. The van der Waals surface area contributed by atoms with Crippen LogP contribution in [0, 0.1) is 33.5 Å². The first-order chi connectivity index (χ1) is 16.3. The Labute approximate surface area is 211 Å². The van der Waals surface area contributed by atoms with Crippen LogP contribution in [-0.2, 0) is 38.1 Å². The zero-order valence-corrected chi connectivity index (χ0v) is 22.8. The van der Waals surface area contributed by atoms with Gasteiger partial charge in [-0.25, -0.2) is 0 Å². The summed E-state index contributed by atoms with van der Waals surface area (Å²) in [6.45, 7) is 18.2. The first-order valence-electron chi connectivity index (χ1n) is 12.6. The number of hydrogen-bond acceptors (Lipinski definition) is 8. The highest BCUT2D eigenvalue weighted by Crippen LogP contribution is 2.72. The first kappa shape index (κ1) is 25.0. The summed E-state index contributed by atoms with van der Waals surface area (Å²) in [7, 11) is 0. The van der Waals surface area contributed by atoms with Crippen molar-refractivity contribution >= 4 is 23.9 Å². The van der Waals surface area contributed by atoms with E-state index in [1.165, 1.54) is 0 Å². The molecule has 5 rings (SSSR count). The van der Waals surface area contributed by atoms with Crippen molar-refractivity contribution in [2.24, 2.45) is 33.5 Å². The van der Waals surface area contributed by atoms with Crippen molar-refractivity contribution in [1.29, 1.82) is 0 Å². The van der Waals surface area contributed by atoms with Crippen LogP contribution in [0.25, 0.3) is 0 Å². The number of fused-ring (bicyclic) bond motifs is 3. The van der Waals surface area contributed by atoms with E-state index in [0.29, 0.717) is 11.1 Å². The number of esters is 4. The standard InChI is InChI=1S/C28H36O8/c1-13-17-15(11-27(13)19(29)33-25(7,8)34-20(27)30)16-12-28(21(31)35-26(9,10)36-22(28)32)14(2)18(16)24(5,6)23(17,3)4/h15-16H,11-12H2,1-10H3/t15-,16-/m0/s1. The number of ether oxygens (including phenoxy) is 4. The minimum Gasteiger partial charge on any atom is -0.422 e. The Morgan fingerprint density at radius 2 is 0.778 bits per heavy atom. The van der Waals surface area contributed by atoms with Crippen molar-refractivity contribution in [1.82, 2.24) is 0 Å². The van der Waals surface area contributed by atoms with Gasteiger partial charge in [-0.15, -0.1) is 0 Å². The van der Waals surface area contributed by atoms with E-state index in [-0.39, 0.29) is 24.7 Å². The van der Waals surface area contributed by atoms with Gasteiger partial charge in [-0.2, -0.15) is 0 Å². The van der Waals surface area contributed by atoms with Crippen molar-refractivity contribution in [3.8, 4) is 0 Å². The molecule has 0 bridgehead atoms. The lowest BCUT2D eigenvalue weighted by molar-refractivity contribution is -0.250. The smallest absolute Gasteiger partial charge is 0.331 e. The summed E-state index contributed by atoms with van der Waals surface area (Å²) in [4.78, 5) is 53.9. The maximum Gasteiger partial charge on any atom is 0.331 e. The Morgan fingerprint density at radius 3 is 1.03 bits per heavy atom. The van der Waals surface area contributed by atoms with Gasteiger partial charge in [0.1, 0.15) is 0 Å². The van der Waals surface area contributed by atoms with Crippen molar-refractivity contribution in [2.45, 2.75) is 93.7 Å². The summed E-state index contributed by atoms with van der Waals surface area (Å²) in [5, 5.41) is 0. The SMILES string of the molecule is CC1=C2[C@@H](CC13C(=O)OC(C)(C)OC3=O)[C@@H]1CC3(C(=O)OC(C)(C)OC3=O)C(C)=C1C(C)(C)C2(C)C. The molecule has 0 amide bonds. The van der Waals surface area contributed by atoms with Gasteiger partial charge in [-0.1, -0.05) is 38.8 Å². The number of cyclic esters (lactones) is 4. The van der Waals surface area contributed by atoms with Gasteiger partial charge in [-0.05, 0) is 60.5 Å². The van der Waals surface area contributed by atoms with Crippen molar-refractivity contribution in [3.63, 3.8) is 0 Å². The van der Waals surface area contributed by atoms with Crippen LogP contribution in [-0.4, -0.2) is 35.5 Å². The maximum atomic E-state index is 13.5. The molecule has 2 saturated heterocycles. The van der Waals surface area contributed by atoms with Gasteiger partial charge < -0.3 is 18.9 Å². The van der Waals surface area contributed by atoms with E-state index < -0.39 is 57.1 Å². The van der Waals surface area contributed by atoms with E-state index in [4.69, 9.17) is 18.9 Å². The molecule has 0 radical (unpaired) electrons. The third-order valence-electron chi connectivity index (χ3n) is 10.0. The Bertz CT molecular complexity index is 1070. The molecule has 5 aliphatic rings. The molecule has 8 heteroatoms. The van der Waals surface area contributed by atoms with Crippen LogP contribution in [0.2, 0.25) is 0 Å². The number of carbonyl (C=O) groups is 4. The van der Waals surface area contributed by atoms with Crippen LogP contribution >= 0.6 is 0 Å². The molecule has 0 aromatic heterocycles.